The Morgan fingerprint density at radius 2 is 1.53 bits per heavy atom. The van der Waals surface area contributed by atoms with Crippen LogP contribution in [0.3, 0.4) is 0 Å². The maximum atomic E-state index is 10.4. The zero-order valence-corrected chi connectivity index (χ0v) is 10.1. The molecule has 100 valence electrons. The maximum Gasteiger partial charge on any atom is 0.433 e. The molecule has 0 heterocycles. The third kappa shape index (κ3) is 8.47. The molecular weight excluding hydrogens is 226 g/mol. The first-order chi connectivity index (χ1) is 8.09. The van der Waals surface area contributed by atoms with Gasteiger partial charge in [-0.2, -0.15) is 5.53 Å². The molecule has 2 amide bonds. The highest BCUT2D eigenvalue weighted by Gasteiger charge is 2.18. The summed E-state index contributed by atoms with van der Waals surface area (Å²) in [5.41, 5.74) is 4.66. The van der Waals surface area contributed by atoms with Gasteiger partial charge in [-0.25, -0.2) is 15.0 Å². The molecule has 0 saturated heterocycles. The number of hydrogen-bond acceptors (Lipinski definition) is 4. The van der Waals surface area contributed by atoms with Crippen molar-refractivity contribution in [1.29, 1.82) is 0 Å². The Bertz CT molecular complexity index is 222. The predicted molar refractivity (Wildman–Crippen MR) is 62.4 cm³/mol. The number of amides is 2. The van der Waals surface area contributed by atoms with E-state index in [2.05, 4.69) is 17.9 Å². The summed E-state index contributed by atoms with van der Waals surface area (Å²) in [6.07, 6.45) is 3.60. The Balaban J connectivity index is 3.43. The lowest BCUT2D eigenvalue weighted by molar-refractivity contribution is 0.0927. The van der Waals surface area contributed by atoms with Crippen LogP contribution in [-0.4, -0.2) is 34.0 Å². The summed E-state index contributed by atoms with van der Waals surface area (Å²) in [4.78, 5) is 20.8. The van der Waals surface area contributed by atoms with E-state index in [0.29, 0.717) is 6.54 Å². The molecule has 0 aromatic heterocycles. The second-order valence-corrected chi connectivity index (χ2v) is 3.71. The lowest BCUT2D eigenvalue weighted by Crippen LogP contribution is -2.52. The van der Waals surface area contributed by atoms with Crippen LogP contribution >= 0.6 is 0 Å². The molecule has 0 aliphatic rings. The van der Waals surface area contributed by atoms with Gasteiger partial charge in [0.05, 0.1) is 0 Å². The molecule has 0 aliphatic carbocycles. The van der Waals surface area contributed by atoms with Crippen molar-refractivity contribution in [2.45, 2.75) is 45.4 Å². The molecule has 0 radical (unpaired) electrons. The van der Waals surface area contributed by atoms with Gasteiger partial charge in [-0.3, -0.25) is 0 Å². The molecule has 0 saturated carbocycles. The number of rotatable bonds is 9. The van der Waals surface area contributed by atoms with Crippen LogP contribution in [0.2, 0.25) is 0 Å². The Hall–Kier alpha value is -1.34. The van der Waals surface area contributed by atoms with Crippen LogP contribution in [0.5, 0.6) is 0 Å². The molecule has 7 nitrogen and oxygen atoms in total. The number of hydrogen-bond donors (Lipinski definition) is 4. The smallest absolute Gasteiger partial charge is 0.433 e. The molecule has 7 heteroatoms. The van der Waals surface area contributed by atoms with Crippen molar-refractivity contribution in [2.75, 3.05) is 6.54 Å². The molecule has 17 heavy (non-hydrogen) atoms. The number of hydrazine groups is 2. The van der Waals surface area contributed by atoms with E-state index in [1.807, 2.05) is 0 Å². The van der Waals surface area contributed by atoms with E-state index in [1.54, 1.807) is 0 Å². The number of imide groups is 1. The van der Waals surface area contributed by atoms with Crippen LogP contribution in [0.25, 0.3) is 0 Å². The number of carboxylic acid groups (broad SMARTS) is 2. The van der Waals surface area contributed by atoms with Crippen LogP contribution in [-0.2, 0) is 0 Å². The van der Waals surface area contributed by atoms with Crippen LogP contribution in [0.15, 0.2) is 0 Å². The molecule has 0 aliphatic heterocycles. The van der Waals surface area contributed by atoms with Gasteiger partial charge in [-0.1, -0.05) is 39.0 Å². The van der Waals surface area contributed by atoms with Gasteiger partial charge >= 0.3 is 12.2 Å². The maximum absolute atomic E-state index is 10.4. The largest absolute Gasteiger partial charge is 0.464 e. The Morgan fingerprint density at radius 1 is 1.00 bits per heavy atom. The van der Waals surface area contributed by atoms with E-state index in [1.165, 1.54) is 19.3 Å². The van der Waals surface area contributed by atoms with Crippen molar-refractivity contribution in [3.05, 3.63) is 0 Å². The fourth-order valence-electron chi connectivity index (χ4n) is 1.31. The number of nitrogens with zero attached hydrogens (tertiary/aromatic N) is 1. The highest BCUT2D eigenvalue weighted by atomic mass is 16.4. The van der Waals surface area contributed by atoms with E-state index in [4.69, 9.17) is 10.2 Å². The van der Waals surface area contributed by atoms with Gasteiger partial charge in [0.15, 0.2) is 0 Å². The minimum atomic E-state index is -1.56. The van der Waals surface area contributed by atoms with Gasteiger partial charge < -0.3 is 10.2 Å². The quantitative estimate of drug-likeness (QED) is 0.367. The van der Waals surface area contributed by atoms with Crippen LogP contribution in [0.1, 0.15) is 45.4 Å². The Morgan fingerprint density at radius 3 is 2.06 bits per heavy atom. The number of unbranched alkanes of at least 4 members (excludes halogenated alkanes) is 5. The van der Waals surface area contributed by atoms with Gasteiger partial charge in [0.1, 0.15) is 0 Å². The fraction of sp³-hybridized carbons (Fsp3) is 0.800. The molecule has 0 fully saturated rings. The average molecular weight is 247 g/mol. The van der Waals surface area contributed by atoms with Crippen molar-refractivity contribution in [3.8, 4) is 0 Å². The summed E-state index contributed by atoms with van der Waals surface area (Å²) in [5, 5.41) is 17.1. The minimum Gasteiger partial charge on any atom is -0.464 e. The Labute approximate surface area is 101 Å². The van der Waals surface area contributed by atoms with Gasteiger partial charge in [0.2, 0.25) is 0 Å². The third-order valence-electron chi connectivity index (χ3n) is 2.23. The van der Waals surface area contributed by atoms with Gasteiger partial charge in [-0.05, 0) is 6.42 Å². The van der Waals surface area contributed by atoms with E-state index in [9.17, 15) is 9.59 Å². The molecule has 0 unspecified atom stereocenters. The topological polar surface area (TPSA) is 102 Å². The van der Waals surface area contributed by atoms with Crippen molar-refractivity contribution >= 4 is 12.2 Å². The summed E-state index contributed by atoms with van der Waals surface area (Å²) in [6.45, 7) is 2.68. The minimum absolute atomic E-state index is 0.0804. The second kappa shape index (κ2) is 9.86. The van der Waals surface area contributed by atoms with Gasteiger partial charge in [0, 0.05) is 6.54 Å². The first-order valence-corrected chi connectivity index (χ1v) is 5.84. The van der Waals surface area contributed by atoms with E-state index in [0.717, 1.165) is 19.3 Å². The highest BCUT2D eigenvalue weighted by molar-refractivity contribution is 5.84. The normalized spacial score (nSPS) is 10.2. The summed E-state index contributed by atoms with van der Waals surface area (Å²) in [5.74, 6) is 0. The fourth-order valence-corrected chi connectivity index (χ4v) is 1.31. The predicted octanol–water partition coefficient (Wildman–Crippen LogP) is 2.01. The van der Waals surface area contributed by atoms with E-state index in [-0.39, 0.29) is 5.01 Å². The molecule has 0 atom stereocenters. The average Bonchev–Trinajstić information content (AvgIpc) is 2.26. The van der Waals surface area contributed by atoms with Crippen molar-refractivity contribution in [3.63, 3.8) is 0 Å². The summed E-state index contributed by atoms with van der Waals surface area (Å²) in [7, 11) is 0. The summed E-state index contributed by atoms with van der Waals surface area (Å²) < 4.78 is 0. The summed E-state index contributed by atoms with van der Waals surface area (Å²) in [6, 6.07) is 0. The highest BCUT2D eigenvalue weighted by Crippen LogP contribution is 2.03. The molecule has 0 spiro atoms. The first kappa shape index (κ1) is 15.7. The van der Waals surface area contributed by atoms with Gasteiger partial charge in [0.25, 0.3) is 0 Å². The van der Waals surface area contributed by atoms with Crippen LogP contribution in [0.4, 0.5) is 9.59 Å². The zero-order chi connectivity index (χ0) is 13.1. The molecular formula is C10H21N3O4. The first-order valence-electron chi connectivity index (χ1n) is 5.84. The molecule has 4 N–H and O–H groups in total. The molecule has 0 aromatic rings. The lowest BCUT2D eigenvalue weighted by Gasteiger charge is -2.14. The second-order valence-electron chi connectivity index (χ2n) is 3.71. The number of carbonyl (C=O) groups is 2. The van der Waals surface area contributed by atoms with E-state index < -0.39 is 12.2 Å². The number of nitrogens with one attached hydrogen (secondary N) is 2. The SMILES string of the molecule is CCCCCCCCNNN(C(=O)O)C(=O)O. The molecule has 0 bridgehead atoms. The van der Waals surface area contributed by atoms with Crippen molar-refractivity contribution in [1.82, 2.24) is 16.0 Å². The zero-order valence-electron chi connectivity index (χ0n) is 10.1. The third-order valence-corrected chi connectivity index (χ3v) is 2.23. The molecule has 0 aromatic carbocycles. The van der Waals surface area contributed by atoms with Crippen molar-refractivity contribution in [2.24, 2.45) is 0 Å². The summed E-state index contributed by atoms with van der Waals surface area (Å²) >= 11 is 0. The monoisotopic (exact) mass is 247 g/mol. The Kier molecular flexibility index (Phi) is 9.08. The van der Waals surface area contributed by atoms with Crippen LogP contribution < -0.4 is 11.0 Å². The molecule has 0 rings (SSSR count). The standard InChI is InChI=1S/C10H21N3O4/c1-2-3-4-5-6-7-8-11-12-13(9(14)15)10(16)17/h11-12H,2-8H2,1H3,(H,14,15)(H,16,17). The van der Waals surface area contributed by atoms with E-state index >= 15 is 0 Å². The van der Waals surface area contributed by atoms with Gasteiger partial charge in [-0.15, -0.1) is 5.01 Å². The van der Waals surface area contributed by atoms with Crippen LogP contribution in [0, 0.1) is 0 Å². The van der Waals surface area contributed by atoms with Crippen molar-refractivity contribution < 1.29 is 19.8 Å². The lowest BCUT2D eigenvalue weighted by atomic mass is 10.1.